The first kappa shape index (κ1) is 16.2. The van der Waals surface area contributed by atoms with Crippen LogP contribution in [0.4, 0.5) is 0 Å². The molecule has 17 heavy (non-hydrogen) atoms. The minimum atomic E-state index is -0.983. The predicted octanol–water partition coefficient (Wildman–Crippen LogP) is 0.697. The minimum absolute atomic E-state index is 0.131. The van der Waals surface area contributed by atoms with Gasteiger partial charge < -0.3 is 15.7 Å². The van der Waals surface area contributed by atoms with Gasteiger partial charge in [-0.25, -0.2) is 4.79 Å². The number of carbonyl (C=O) groups excluding carboxylic acids is 1. The Morgan fingerprint density at radius 1 is 1.35 bits per heavy atom. The number of carbonyl (C=O) groups is 2. The highest BCUT2D eigenvalue weighted by Gasteiger charge is 2.20. The maximum Gasteiger partial charge on any atom is 0.326 e. The fourth-order valence-corrected chi connectivity index (χ4v) is 1.56. The standard InChI is InChI=1S/C11H22N2O3S/c1-11(2,3)12-7-9(14)13-8(10(15)16)5-6-17-4/h8,12H,5-7H2,1-4H3,(H,13,14)(H,15,16)/t8-/m0/s1. The zero-order chi connectivity index (χ0) is 13.5. The van der Waals surface area contributed by atoms with Crippen molar-refractivity contribution in [2.24, 2.45) is 0 Å². The number of hydrogen-bond acceptors (Lipinski definition) is 4. The Bertz CT molecular complexity index is 264. The van der Waals surface area contributed by atoms with Crippen LogP contribution in [0.3, 0.4) is 0 Å². The minimum Gasteiger partial charge on any atom is -0.480 e. The highest BCUT2D eigenvalue weighted by Crippen LogP contribution is 2.01. The summed E-state index contributed by atoms with van der Waals surface area (Å²) < 4.78 is 0. The Balaban J connectivity index is 4.08. The molecule has 5 nitrogen and oxygen atoms in total. The van der Waals surface area contributed by atoms with Crippen LogP contribution in [0, 0.1) is 0 Å². The van der Waals surface area contributed by atoms with Crippen molar-refractivity contribution >= 4 is 23.6 Å². The van der Waals surface area contributed by atoms with Crippen molar-refractivity contribution in [1.82, 2.24) is 10.6 Å². The molecule has 0 rings (SSSR count). The molecule has 0 aliphatic rings. The molecule has 0 bridgehead atoms. The van der Waals surface area contributed by atoms with E-state index in [-0.39, 0.29) is 18.0 Å². The van der Waals surface area contributed by atoms with Crippen molar-refractivity contribution < 1.29 is 14.7 Å². The van der Waals surface area contributed by atoms with E-state index in [1.54, 1.807) is 11.8 Å². The summed E-state index contributed by atoms with van der Waals surface area (Å²) in [5.74, 6) is -0.555. The lowest BCUT2D eigenvalue weighted by Crippen LogP contribution is -2.48. The van der Waals surface area contributed by atoms with Gasteiger partial charge in [0.1, 0.15) is 6.04 Å². The van der Waals surface area contributed by atoms with Crippen LogP contribution >= 0.6 is 11.8 Å². The Labute approximate surface area is 107 Å². The Hall–Kier alpha value is -0.750. The van der Waals surface area contributed by atoms with Crippen LogP contribution in [0.15, 0.2) is 0 Å². The Morgan fingerprint density at radius 3 is 2.35 bits per heavy atom. The Kier molecular flexibility index (Phi) is 7.22. The van der Waals surface area contributed by atoms with Crippen LogP contribution < -0.4 is 10.6 Å². The van der Waals surface area contributed by atoms with Crippen LogP contribution in [-0.4, -0.2) is 47.1 Å². The van der Waals surface area contributed by atoms with Gasteiger partial charge in [-0.05, 0) is 39.2 Å². The first-order valence-electron chi connectivity index (χ1n) is 5.52. The zero-order valence-corrected chi connectivity index (χ0v) is 11.7. The van der Waals surface area contributed by atoms with Crippen molar-refractivity contribution in [3.63, 3.8) is 0 Å². The molecule has 0 aliphatic heterocycles. The highest BCUT2D eigenvalue weighted by molar-refractivity contribution is 7.98. The van der Waals surface area contributed by atoms with Crippen molar-refractivity contribution in [3.05, 3.63) is 0 Å². The summed E-state index contributed by atoms with van der Waals surface area (Å²) >= 11 is 1.56. The van der Waals surface area contributed by atoms with Gasteiger partial charge in [0.05, 0.1) is 6.54 Å². The maximum absolute atomic E-state index is 11.5. The smallest absolute Gasteiger partial charge is 0.326 e. The fourth-order valence-electron chi connectivity index (χ4n) is 1.08. The zero-order valence-electron chi connectivity index (χ0n) is 10.9. The van der Waals surface area contributed by atoms with E-state index < -0.39 is 12.0 Å². The van der Waals surface area contributed by atoms with E-state index in [4.69, 9.17) is 5.11 Å². The third kappa shape index (κ3) is 9.00. The van der Waals surface area contributed by atoms with Gasteiger partial charge in [0.15, 0.2) is 0 Å². The van der Waals surface area contributed by atoms with Crippen LogP contribution in [0.25, 0.3) is 0 Å². The first-order valence-corrected chi connectivity index (χ1v) is 6.92. The summed E-state index contributed by atoms with van der Waals surface area (Å²) in [5, 5.41) is 14.5. The molecule has 6 heteroatoms. The summed E-state index contributed by atoms with van der Waals surface area (Å²) in [6.45, 7) is 5.97. The third-order valence-electron chi connectivity index (χ3n) is 2.02. The van der Waals surface area contributed by atoms with Crippen LogP contribution in [0.2, 0.25) is 0 Å². The molecule has 0 radical (unpaired) electrons. The number of aliphatic carboxylic acids is 1. The van der Waals surface area contributed by atoms with Crippen molar-refractivity contribution in [2.75, 3.05) is 18.6 Å². The number of carboxylic acid groups (broad SMARTS) is 1. The molecule has 0 saturated heterocycles. The van der Waals surface area contributed by atoms with Gasteiger partial charge in [-0.15, -0.1) is 0 Å². The summed E-state index contributed by atoms with van der Waals surface area (Å²) in [6.07, 6.45) is 2.35. The van der Waals surface area contributed by atoms with Crippen molar-refractivity contribution in [2.45, 2.75) is 38.8 Å². The molecule has 1 atom stereocenters. The summed E-state index contributed by atoms with van der Waals surface area (Å²) in [5.41, 5.74) is -0.157. The quantitative estimate of drug-likeness (QED) is 0.629. The number of amides is 1. The number of hydrogen-bond donors (Lipinski definition) is 3. The van der Waals surface area contributed by atoms with Gasteiger partial charge in [-0.3, -0.25) is 4.79 Å². The molecule has 0 saturated carbocycles. The van der Waals surface area contributed by atoms with Crippen LogP contribution in [0.5, 0.6) is 0 Å². The average molecular weight is 262 g/mol. The van der Waals surface area contributed by atoms with Crippen LogP contribution in [0.1, 0.15) is 27.2 Å². The van der Waals surface area contributed by atoms with Gasteiger partial charge in [0.2, 0.25) is 5.91 Å². The van der Waals surface area contributed by atoms with Gasteiger partial charge in [0.25, 0.3) is 0 Å². The van der Waals surface area contributed by atoms with E-state index in [1.165, 1.54) is 0 Å². The fraction of sp³-hybridized carbons (Fsp3) is 0.818. The number of nitrogens with one attached hydrogen (secondary N) is 2. The molecule has 0 aromatic rings. The van der Waals surface area contributed by atoms with E-state index in [1.807, 2.05) is 27.0 Å². The molecule has 0 unspecified atom stereocenters. The van der Waals surface area contributed by atoms with E-state index in [9.17, 15) is 9.59 Å². The molecule has 0 fully saturated rings. The summed E-state index contributed by atoms with van der Waals surface area (Å²) in [4.78, 5) is 22.4. The summed E-state index contributed by atoms with van der Waals surface area (Å²) in [7, 11) is 0. The molecule has 0 aromatic carbocycles. The first-order chi connectivity index (χ1) is 7.76. The SMILES string of the molecule is CSCC[C@H](NC(=O)CNC(C)(C)C)C(=O)O. The average Bonchev–Trinajstić information content (AvgIpc) is 2.19. The molecular weight excluding hydrogens is 240 g/mol. The maximum atomic E-state index is 11.5. The molecular formula is C11H22N2O3S. The van der Waals surface area contributed by atoms with Crippen molar-refractivity contribution in [1.29, 1.82) is 0 Å². The third-order valence-corrected chi connectivity index (χ3v) is 2.67. The second-order valence-corrected chi connectivity index (χ2v) is 5.83. The van der Waals surface area contributed by atoms with Gasteiger partial charge >= 0.3 is 5.97 Å². The number of thioether (sulfide) groups is 1. The number of carboxylic acids is 1. The topological polar surface area (TPSA) is 78.4 Å². The summed E-state index contributed by atoms with van der Waals surface area (Å²) in [6, 6.07) is -0.795. The predicted molar refractivity (Wildman–Crippen MR) is 70.3 cm³/mol. The molecule has 0 heterocycles. The second-order valence-electron chi connectivity index (χ2n) is 4.84. The highest BCUT2D eigenvalue weighted by atomic mass is 32.2. The van der Waals surface area contributed by atoms with Gasteiger partial charge in [-0.2, -0.15) is 11.8 Å². The van der Waals surface area contributed by atoms with Crippen molar-refractivity contribution in [3.8, 4) is 0 Å². The van der Waals surface area contributed by atoms with E-state index in [0.717, 1.165) is 0 Å². The lowest BCUT2D eigenvalue weighted by Gasteiger charge is -2.21. The lowest BCUT2D eigenvalue weighted by atomic mass is 10.1. The normalized spacial score (nSPS) is 13.2. The van der Waals surface area contributed by atoms with E-state index in [2.05, 4.69) is 10.6 Å². The molecule has 0 aromatic heterocycles. The second kappa shape index (κ2) is 7.55. The molecule has 0 spiro atoms. The number of rotatable bonds is 7. The van der Waals surface area contributed by atoms with Gasteiger partial charge in [-0.1, -0.05) is 0 Å². The Morgan fingerprint density at radius 2 is 1.94 bits per heavy atom. The van der Waals surface area contributed by atoms with Crippen LogP contribution in [-0.2, 0) is 9.59 Å². The largest absolute Gasteiger partial charge is 0.480 e. The van der Waals surface area contributed by atoms with E-state index >= 15 is 0 Å². The molecule has 3 N–H and O–H groups in total. The van der Waals surface area contributed by atoms with Gasteiger partial charge in [0, 0.05) is 5.54 Å². The lowest BCUT2D eigenvalue weighted by molar-refractivity contribution is -0.141. The molecule has 1 amide bonds. The molecule has 0 aliphatic carbocycles. The monoisotopic (exact) mass is 262 g/mol. The van der Waals surface area contributed by atoms with E-state index in [0.29, 0.717) is 12.2 Å². The molecule has 100 valence electrons.